The number of nitrogens with zero attached hydrogens (tertiary/aromatic N) is 4. The van der Waals surface area contributed by atoms with Crippen LogP contribution < -0.4 is 0 Å². The van der Waals surface area contributed by atoms with Gasteiger partial charge in [-0.2, -0.15) is 0 Å². The first-order valence-corrected chi connectivity index (χ1v) is 9.21. The van der Waals surface area contributed by atoms with E-state index in [0.717, 1.165) is 47.0 Å². The van der Waals surface area contributed by atoms with Gasteiger partial charge in [-0.3, -0.25) is 0 Å². The fourth-order valence-electron chi connectivity index (χ4n) is 3.18. The number of hydrogen-bond acceptors (Lipinski definition) is 5. The predicted molar refractivity (Wildman–Crippen MR) is 92.8 cm³/mol. The molecular formula is C17H20N4OS. The lowest BCUT2D eigenvalue weighted by Gasteiger charge is -2.21. The Labute approximate surface area is 139 Å². The van der Waals surface area contributed by atoms with Crippen molar-refractivity contribution in [1.29, 1.82) is 0 Å². The largest absolute Gasteiger partial charge is 0.377 e. The van der Waals surface area contributed by atoms with E-state index >= 15 is 0 Å². The highest BCUT2D eigenvalue weighted by Gasteiger charge is 2.17. The normalized spacial score (nSPS) is 18.7. The third-order valence-corrected chi connectivity index (χ3v) is 5.31. The van der Waals surface area contributed by atoms with Crippen molar-refractivity contribution in [3.63, 3.8) is 0 Å². The zero-order chi connectivity index (χ0) is 15.6. The maximum absolute atomic E-state index is 5.78. The highest BCUT2D eigenvalue weighted by molar-refractivity contribution is 7.99. The van der Waals surface area contributed by atoms with Crippen LogP contribution in [0.15, 0.2) is 29.4 Å². The Bertz CT molecular complexity index is 826. The molecule has 2 aromatic heterocycles. The fourth-order valence-corrected chi connectivity index (χ4v) is 4.02. The van der Waals surface area contributed by atoms with E-state index in [1.54, 1.807) is 11.8 Å². The van der Waals surface area contributed by atoms with Crippen LogP contribution in [0.2, 0.25) is 0 Å². The summed E-state index contributed by atoms with van der Waals surface area (Å²) in [7, 11) is 0. The number of hydrogen-bond donors (Lipinski definition) is 0. The third kappa shape index (κ3) is 2.81. The molecule has 0 amide bonds. The average Bonchev–Trinajstić information content (AvgIpc) is 2.94. The third-order valence-electron chi connectivity index (χ3n) is 4.34. The van der Waals surface area contributed by atoms with E-state index in [1.807, 2.05) is 6.07 Å². The number of para-hydroxylation sites is 1. The quantitative estimate of drug-likeness (QED) is 0.684. The maximum atomic E-state index is 5.78. The van der Waals surface area contributed by atoms with E-state index in [4.69, 9.17) is 9.72 Å². The SMILES string of the molecule is CCn1c2ccccc2c2nnc(SC[C@@H]3CCCCO3)nc21. The monoisotopic (exact) mass is 328 g/mol. The molecule has 0 spiro atoms. The molecule has 120 valence electrons. The molecule has 0 aliphatic carbocycles. The van der Waals surface area contributed by atoms with Crippen molar-refractivity contribution < 1.29 is 4.74 Å². The second kappa shape index (κ2) is 6.45. The lowest BCUT2D eigenvalue weighted by molar-refractivity contribution is 0.0315. The lowest BCUT2D eigenvalue weighted by atomic mass is 10.1. The van der Waals surface area contributed by atoms with Crippen LogP contribution >= 0.6 is 11.8 Å². The molecule has 4 rings (SSSR count). The number of aryl methyl sites for hydroxylation is 1. The summed E-state index contributed by atoms with van der Waals surface area (Å²) in [6.45, 7) is 3.89. The van der Waals surface area contributed by atoms with Crippen LogP contribution in [0.3, 0.4) is 0 Å². The van der Waals surface area contributed by atoms with Gasteiger partial charge in [-0.1, -0.05) is 30.0 Å². The van der Waals surface area contributed by atoms with Crippen LogP contribution in [0.25, 0.3) is 22.1 Å². The van der Waals surface area contributed by atoms with E-state index in [0.29, 0.717) is 6.10 Å². The zero-order valence-electron chi connectivity index (χ0n) is 13.2. The van der Waals surface area contributed by atoms with Crippen molar-refractivity contribution in [2.24, 2.45) is 0 Å². The standard InChI is InChI=1S/C17H20N4OS/c1-2-21-14-9-4-3-8-13(14)15-16(21)18-17(20-19-15)23-11-12-7-5-6-10-22-12/h3-4,8-9,12H,2,5-7,10-11H2,1H3/t12-/m0/s1. The summed E-state index contributed by atoms with van der Waals surface area (Å²) in [4.78, 5) is 4.76. The van der Waals surface area contributed by atoms with Crippen LogP contribution in [0, 0.1) is 0 Å². The molecule has 0 bridgehead atoms. The summed E-state index contributed by atoms with van der Waals surface area (Å²) in [5.41, 5.74) is 2.99. The minimum Gasteiger partial charge on any atom is -0.377 e. The Morgan fingerprint density at radius 3 is 3.00 bits per heavy atom. The van der Waals surface area contributed by atoms with Gasteiger partial charge in [0.1, 0.15) is 5.52 Å². The average molecular weight is 328 g/mol. The van der Waals surface area contributed by atoms with Gasteiger partial charge in [-0.25, -0.2) is 4.98 Å². The Morgan fingerprint density at radius 1 is 1.26 bits per heavy atom. The topological polar surface area (TPSA) is 52.8 Å². The lowest BCUT2D eigenvalue weighted by Crippen LogP contribution is -2.21. The van der Waals surface area contributed by atoms with Crippen LogP contribution in [-0.4, -0.2) is 38.2 Å². The van der Waals surface area contributed by atoms with Crippen molar-refractivity contribution in [3.05, 3.63) is 24.3 Å². The summed E-state index contributed by atoms with van der Waals surface area (Å²) in [6.07, 6.45) is 3.90. The summed E-state index contributed by atoms with van der Waals surface area (Å²) >= 11 is 1.65. The van der Waals surface area contributed by atoms with Gasteiger partial charge in [-0.15, -0.1) is 10.2 Å². The van der Waals surface area contributed by atoms with Crippen LogP contribution in [-0.2, 0) is 11.3 Å². The van der Waals surface area contributed by atoms with Crippen molar-refractivity contribution in [1.82, 2.24) is 19.7 Å². The Balaban J connectivity index is 1.65. The van der Waals surface area contributed by atoms with E-state index in [1.165, 1.54) is 18.4 Å². The highest BCUT2D eigenvalue weighted by Crippen LogP contribution is 2.27. The highest BCUT2D eigenvalue weighted by atomic mass is 32.2. The van der Waals surface area contributed by atoms with Gasteiger partial charge in [0.15, 0.2) is 5.65 Å². The first-order valence-electron chi connectivity index (χ1n) is 8.23. The number of rotatable bonds is 4. The number of benzene rings is 1. The van der Waals surface area contributed by atoms with E-state index in [9.17, 15) is 0 Å². The molecule has 1 aliphatic heterocycles. The van der Waals surface area contributed by atoms with Crippen molar-refractivity contribution in [2.45, 2.75) is 44.0 Å². The van der Waals surface area contributed by atoms with Gasteiger partial charge in [0, 0.05) is 24.3 Å². The zero-order valence-corrected chi connectivity index (χ0v) is 14.1. The van der Waals surface area contributed by atoms with Crippen molar-refractivity contribution >= 4 is 33.8 Å². The first-order chi connectivity index (χ1) is 11.4. The summed E-state index contributed by atoms with van der Waals surface area (Å²) in [5, 5.41) is 10.6. The summed E-state index contributed by atoms with van der Waals surface area (Å²) in [6, 6.07) is 8.29. The molecule has 0 N–H and O–H groups in total. The predicted octanol–water partition coefficient (Wildman–Crippen LogP) is 3.66. The molecule has 0 saturated carbocycles. The van der Waals surface area contributed by atoms with E-state index < -0.39 is 0 Å². The van der Waals surface area contributed by atoms with Gasteiger partial charge >= 0.3 is 0 Å². The molecule has 1 saturated heterocycles. The van der Waals surface area contributed by atoms with Gasteiger partial charge in [0.2, 0.25) is 5.16 Å². The van der Waals surface area contributed by atoms with Crippen LogP contribution in [0.5, 0.6) is 0 Å². The molecule has 23 heavy (non-hydrogen) atoms. The van der Waals surface area contributed by atoms with Crippen LogP contribution in [0.4, 0.5) is 0 Å². The van der Waals surface area contributed by atoms with Crippen molar-refractivity contribution in [3.8, 4) is 0 Å². The summed E-state index contributed by atoms with van der Waals surface area (Å²) in [5.74, 6) is 0.902. The summed E-state index contributed by atoms with van der Waals surface area (Å²) < 4.78 is 7.99. The number of aromatic nitrogens is 4. The van der Waals surface area contributed by atoms with Gasteiger partial charge < -0.3 is 9.30 Å². The Hall–Kier alpha value is -1.66. The first kappa shape index (κ1) is 14.9. The molecule has 0 radical (unpaired) electrons. The second-order valence-electron chi connectivity index (χ2n) is 5.83. The van der Waals surface area contributed by atoms with Gasteiger partial charge in [0.05, 0.1) is 11.6 Å². The molecule has 1 fully saturated rings. The fraction of sp³-hybridized carbons (Fsp3) is 0.471. The molecule has 3 aromatic rings. The molecular weight excluding hydrogens is 308 g/mol. The van der Waals surface area contributed by atoms with Crippen LogP contribution in [0.1, 0.15) is 26.2 Å². The number of ether oxygens (including phenoxy) is 1. The molecule has 5 nitrogen and oxygen atoms in total. The Morgan fingerprint density at radius 2 is 2.17 bits per heavy atom. The molecule has 1 atom stereocenters. The van der Waals surface area contributed by atoms with Gasteiger partial charge in [0.25, 0.3) is 0 Å². The molecule has 1 aliphatic rings. The Kier molecular flexibility index (Phi) is 4.18. The van der Waals surface area contributed by atoms with Gasteiger partial charge in [-0.05, 0) is 32.3 Å². The molecule has 1 aromatic carbocycles. The molecule has 3 heterocycles. The smallest absolute Gasteiger partial charge is 0.211 e. The molecule has 6 heteroatoms. The minimum absolute atomic E-state index is 0.324. The number of fused-ring (bicyclic) bond motifs is 3. The molecule has 0 unspecified atom stereocenters. The van der Waals surface area contributed by atoms with Crippen molar-refractivity contribution in [2.75, 3.05) is 12.4 Å². The minimum atomic E-state index is 0.324. The second-order valence-corrected chi connectivity index (χ2v) is 6.81. The number of thioether (sulfide) groups is 1. The maximum Gasteiger partial charge on any atom is 0.211 e. The van der Waals surface area contributed by atoms with E-state index in [2.05, 4.69) is 39.9 Å². The van der Waals surface area contributed by atoms with E-state index in [-0.39, 0.29) is 0 Å².